The van der Waals surface area contributed by atoms with Crippen LogP contribution in [0.1, 0.15) is 33.3 Å². The van der Waals surface area contributed by atoms with E-state index in [0.717, 1.165) is 12.1 Å². The second-order valence-corrected chi connectivity index (χ2v) is 4.69. The molecule has 0 aliphatic carbocycles. The minimum atomic E-state index is -0.943. The van der Waals surface area contributed by atoms with Crippen molar-refractivity contribution in [1.29, 1.82) is 0 Å². The van der Waals surface area contributed by atoms with Gasteiger partial charge in [0, 0.05) is 19.3 Å². The van der Waals surface area contributed by atoms with Gasteiger partial charge in [-0.05, 0) is 43.2 Å². The lowest BCUT2D eigenvalue weighted by atomic mass is 10.1. The Morgan fingerprint density at radius 1 is 1.24 bits per heavy atom. The first-order chi connectivity index (χ1) is 10.1. The van der Waals surface area contributed by atoms with Crippen molar-refractivity contribution in [2.75, 3.05) is 6.54 Å². The SMILES string of the molecule is CCn1cccc1C(=O)NCCc1cccc(C(=O)O)c1. The van der Waals surface area contributed by atoms with Crippen molar-refractivity contribution in [1.82, 2.24) is 9.88 Å². The second kappa shape index (κ2) is 6.74. The normalized spacial score (nSPS) is 10.3. The lowest BCUT2D eigenvalue weighted by molar-refractivity contribution is 0.0696. The topological polar surface area (TPSA) is 71.3 Å². The molecule has 1 heterocycles. The maximum Gasteiger partial charge on any atom is 0.335 e. The van der Waals surface area contributed by atoms with Gasteiger partial charge in [-0.15, -0.1) is 0 Å². The predicted molar refractivity (Wildman–Crippen MR) is 79.5 cm³/mol. The summed E-state index contributed by atoms with van der Waals surface area (Å²) in [7, 11) is 0. The van der Waals surface area contributed by atoms with Gasteiger partial charge in [0.15, 0.2) is 0 Å². The number of carbonyl (C=O) groups is 2. The van der Waals surface area contributed by atoms with Gasteiger partial charge in [-0.25, -0.2) is 4.79 Å². The highest BCUT2D eigenvalue weighted by Crippen LogP contribution is 2.06. The maximum absolute atomic E-state index is 12.0. The number of carboxylic acids is 1. The number of amides is 1. The average molecular weight is 286 g/mol. The summed E-state index contributed by atoms with van der Waals surface area (Å²) in [4.78, 5) is 22.9. The standard InChI is InChI=1S/C16H18N2O3/c1-2-18-10-4-7-14(18)15(19)17-9-8-12-5-3-6-13(11-12)16(20)21/h3-7,10-11H,2,8-9H2,1H3,(H,17,19)(H,20,21). The summed E-state index contributed by atoms with van der Waals surface area (Å²) in [6, 6.07) is 10.4. The number of carbonyl (C=O) groups excluding carboxylic acids is 1. The number of nitrogens with zero attached hydrogens (tertiary/aromatic N) is 1. The van der Waals surface area contributed by atoms with Crippen LogP contribution in [0.2, 0.25) is 0 Å². The molecule has 0 fully saturated rings. The van der Waals surface area contributed by atoms with Crippen molar-refractivity contribution >= 4 is 11.9 Å². The Kier molecular flexibility index (Phi) is 4.77. The zero-order valence-electron chi connectivity index (χ0n) is 11.9. The number of nitrogens with one attached hydrogen (secondary N) is 1. The van der Waals surface area contributed by atoms with E-state index in [1.807, 2.05) is 29.8 Å². The molecule has 2 rings (SSSR count). The molecule has 5 heteroatoms. The number of hydrogen-bond donors (Lipinski definition) is 2. The van der Waals surface area contributed by atoms with Crippen LogP contribution in [0.25, 0.3) is 0 Å². The summed E-state index contributed by atoms with van der Waals surface area (Å²) < 4.78 is 1.88. The summed E-state index contributed by atoms with van der Waals surface area (Å²) in [6.07, 6.45) is 2.46. The highest BCUT2D eigenvalue weighted by molar-refractivity contribution is 5.92. The Morgan fingerprint density at radius 2 is 2.05 bits per heavy atom. The first-order valence-corrected chi connectivity index (χ1v) is 6.87. The average Bonchev–Trinajstić information content (AvgIpc) is 2.96. The van der Waals surface area contributed by atoms with Crippen molar-refractivity contribution in [3.05, 3.63) is 59.4 Å². The van der Waals surface area contributed by atoms with E-state index in [0.29, 0.717) is 18.7 Å². The Morgan fingerprint density at radius 3 is 2.76 bits per heavy atom. The van der Waals surface area contributed by atoms with Crippen LogP contribution in [0.3, 0.4) is 0 Å². The molecule has 5 nitrogen and oxygen atoms in total. The molecule has 0 bridgehead atoms. The Bertz CT molecular complexity index is 646. The zero-order chi connectivity index (χ0) is 15.2. The van der Waals surface area contributed by atoms with Crippen molar-refractivity contribution in [2.24, 2.45) is 0 Å². The molecular weight excluding hydrogens is 268 g/mol. The first-order valence-electron chi connectivity index (χ1n) is 6.87. The van der Waals surface area contributed by atoms with Gasteiger partial charge in [-0.3, -0.25) is 4.79 Å². The number of aromatic nitrogens is 1. The van der Waals surface area contributed by atoms with E-state index < -0.39 is 5.97 Å². The van der Waals surface area contributed by atoms with E-state index in [2.05, 4.69) is 5.32 Å². The van der Waals surface area contributed by atoms with Crippen LogP contribution in [-0.2, 0) is 13.0 Å². The number of rotatable bonds is 6. The highest BCUT2D eigenvalue weighted by atomic mass is 16.4. The molecule has 1 amide bonds. The van der Waals surface area contributed by atoms with E-state index in [9.17, 15) is 9.59 Å². The van der Waals surface area contributed by atoms with Gasteiger partial charge in [0.25, 0.3) is 5.91 Å². The van der Waals surface area contributed by atoms with Crippen LogP contribution in [0.15, 0.2) is 42.6 Å². The fraction of sp³-hybridized carbons (Fsp3) is 0.250. The highest BCUT2D eigenvalue weighted by Gasteiger charge is 2.09. The van der Waals surface area contributed by atoms with E-state index in [1.54, 1.807) is 24.3 Å². The molecule has 1 aromatic heterocycles. The summed E-state index contributed by atoms with van der Waals surface area (Å²) in [5.41, 5.74) is 1.79. The van der Waals surface area contributed by atoms with E-state index in [-0.39, 0.29) is 11.5 Å². The fourth-order valence-electron chi connectivity index (χ4n) is 2.17. The number of aryl methyl sites for hydroxylation is 1. The molecule has 0 atom stereocenters. The van der Waals surface area contributed by atoms with Crippen molar-refractivity contribution in [2.45, 2.75) is 19.9 Å². The van der Waals surface area contributed by atoms with Crippen LogP contribution in [-0.4, -0.2) is 28.1 Å². The molecular formula is C16H18N2O3. The lowest BCUT2D eigenvalue weighted by Gasteiger charge is -2.08. The summed E-state index contributed by atoms with van der Waals surface area (Å²) in [5, 5.41) is 11.8. The van der Waals surface area contributed by atoms with Gasteiger partial charge >= 0.3 is 5.97 Å². The molecule has 0 unspecified atom stereocenters. The fourth-order valence-corrected chi connectivity index (χ4v) is 2.17. The van der Waals surface area contributed by atoms with E-state index in [4.69, 9.17) is 5.11 Å². The van der Waals surface area contributed by atoms with Gasteiger partial charge in [-0.2, -0.15) is 0 Å². The van der Waals surface area contributed by atoms with E-state index >= 15 is 0 Å². The van der Waals surface area contributed by atoms with Gasteiger partial charge < -0.3 is 15.0 Å². The molecule has 0 aliphatic rings. The van der Waals surface area contributed by atoms with Crippen molar-refractivity contribution in [3.63, 3.8) is 0 Å². The molecule has 110 valence electrons. The molecule has 0 aliphatic heterocycles. The van der Waals surface area contributed by atoms with Gasteiger partial charge in [0.1, 0.15) is 5.69 Å². The minimum Gasteiger partial charge on any atom is -0.478 e. The third kappa shape index (κ3) is 3.72. The van der Waals surface area contributed by atoms with Crippen molar-refractivity contribution in [3.8, 4) is 0 Å². The Labute approximate surface area is 123 Å². The Balaban J connectivity index is 1.91. The molecule has 0 saturated carbocycles. The number of hydrogen-bond acceptors (Lipinski definition) is 2. The molecule has 0 spiro atoms. The van der Waals surface area contributed by atoms with Crippen LogP contribution in [0.4, 0.5) is 0 Å². The first kappa shape index (κ1) is 14.8. The van der Waals surface area contributed by atoms with Crippen LogP contribution in [0.5, 0.6) is 0 Å². The number of benzene rings is 1. The summed E-state index contributed by atoms with van der Waals surface area (Å²) in [5.74, 6) is -1.06. The third-order valence-corrected chi connectivity index (χ3v) is 3.28. The number of aromatic carboxylic acids is 1. The second-order valence-electron chi connectivity index (χ2n) is 4.69. The van der Waals surface area contributed by atoms with Crippen molar-refractivity contribution < 1.29 is 14.7 Å². The largest absolute Gasteiger partial charge is 0.478 e. The summed E-state index contributed by atoms with van der Waals surface area (Å²) in [6.45, 7) is 3.20. The molecule has 0 radical (unpaired) electrons. The Hall–Kier alpha value is -2.56. The van der Waals surface area contributed by atoms with Crippen LogP contribution in [0, 0.1) is 0 Å². The molecule has 1 aromatic carbocycles. The zero-order valence-corrected chi connectivity index (χ0v) is 11.9. The molecule has 21 heavy (non-hydrogen) atoms. The number of carboxylic acid groups (broad SMARTS) is 1. The molecule has 0 saturated heterocycles. The van der Waals surface area contributed by atoms with Gasteiger partial charge in [-0.1, -0.05) is 12.1 Å². The third-order valence-electron chi connectivity index (χ3n) is 3.28. The predicted octanol–water partition coefficient (Wildman–Crippen LogP) is 2.18. The summed E-state index contributed by atoms with van der Waals surface area (Å²) >= 11 is 0. The van der Waals surface area contributed by atoms with Gasteiger partial charge in [0.2, 0.25) is 0 Å². The monoisotopic (exact) mass is 286 g/mol. The molecule has 2 N–H and O–H groups in total. The van der Waals surface area contributed by atoms with Crippen LogP contribution < -0.4 is 5.32 Å². The quantitative estimate of drug-likeness (QED) is 0.855. The maximum atomic E-state index is 12.0. The van der Waals surface area contributed by atoms with Crippen LogP contribution >= 0.6 is 0 Å². The lowest BCUT2D eigenvalue weighted by Crippen LogP contribution is -2.27. The van der Waals surface area contributed by atoms with Gasteiger partial charge in [0.05, 0.1) is 5.56 Å². The van der Waals surface area contributed by atoms with E-state index in [1.165, 1.54) is 0 Å². The molecule has 2 aromatic rings. The minimum absolute atomic E-state index is 0.115. The smallest absolute Gasteiger partial charge is 0.335 e.